The van der Waals surface area contributed by atoms with Crippen LogP contribution in [-0.2, 0) is 14.6 Å². The van der Waals surface area contributed by atoms with Gasteiger partial charge in [0.25, 0.3) is 5.88 Å². The first-order valence-electron chi connectivity index (χ1n) is 7.83. The van der Waals surface area contributed by atoms with Gasteiger partial charge >= 0.3 is 5.97 Å². The van der Waals surface area contributed by atoms with Crippen molar-refractivity contribution in [1.82, 2.24) is 0 Å². The quantitative estimate of drug-likeness (QED) is 0.305. The van der Waals surface area contributed by atoms with Gasteiger partial charge in [0.1, 0.15) is 5.75 Å². The molecular formula is C19H17N3O5S. The fraction of sp³-hybridized carbons (Fsp3) is 0.105. The number of aliphatic carboxylic acids is 1. The molecule has 0 bridgehead atoms. The Morgan fingerprint density at radius 3 is 2.39 bits per heavy atom. The van der Waals surface area contributed by atoms with E-state index in [2.05, 4.69) is 17.0 Å². The summed E-state index contributed by atoms with van der Waals surface area (Å²) in [7, 11) is -3.60. The lowest BCUT2D eigenvalue weighted by Crippen LogP contribution is -2.15. The lowest BCUT2D eigenvalue weighted by molar-refractivity contribution is -0.132. The third-order valence-electron chi connectivity index (χ3n) is 3.51. The number of nitrogens with one attached hydrogen (secondary N) is 1. The van der Waals surface area contributed by atoms with Crippen molar-refractivity contribution in [2.45, 2.75) is 11.8 Å². The van der Waals surface area contributed by atoms with Gasteiger partial charge < -0.3 is 15.6 Å². The largest absolute Gasteiger partial charge is 0.476 e. The third-order valence-corrected chi connectivity index (χ3v) is 4.79. The van der Waals surface area contributed by atoms with Crippen LogP contribution in [0.25, 0.3) is 0 Å². The smallest absolute Gasteiger partial charge is 0.357 e. The summed E-state index contributed by atoms with van der Waals surface area (Å²) in [6, 6.07) is 11.7. The van der Waals surface area contributed by atoms with Gasteiger partial charge in [-0.15, -0.1) is 5.11 Å². The first kappa shape index (κ1) is 20.7. The molecule has 2 aromatic rings. The summed E-state index contributed by atoms with van der Waals surface area (Å²) in [5.74, 6) is 3.61. The zero-order valence-corrected chi connectivity index (χ0v) is 15.9. The number of benzene rings is 2. The Bertz CT molecular complexity index is 1130. The molecule has 0 aromatic heterocycles. The maximum absolute atomic E-state index is 12.2. The second-order valence-corrected chi connectivity index (χ2v) is 7.70. The third kappa shape index (κ3) is 4.96. The molecule has 0 saturated heterocycles. The van der Waals surface area contributed by atoms with E-state index < -0.39 is 27.4 Å². The first-order valence-corrected chi connectivity index (χ1v) is 9.72. The van der Waals surface area contributed by atoms with Gasteiger partial charge in [0.05, 0.1) is 4.90 Å². The Labute approximate surface area is 162 Å². The number of rotatable bonds is 5. The minimum atomic E-state index is -3.60. The standard InChI is InChI=1S/C19H17N3O5S/c1-12-10-15(27-18(22-21)16(20)19(23)24)11-14(17(12)28(2,25)26)9-8-13-6-4-3-5-7-13/h3-7,10-11,21H,20H2,1-2H3,(H,23,24)/b18-16+,22-21?. The van der Waals surface area contributed by atoms with Crippen molar-refractivity contribution in [3.63, 3.8) is 0 Å². The number of sulfone groups is 1. The molecule has 2 rings (SSSR count). The van der Waals surface area contributed by atoms with Crippen molar-refractivity contribution in [3.8, 4) is 17.6 Å². The van der Waals surface area contributed by atoms with Gasteiger partial charge in [-0.3, -0.25) is 0 Å². The maximum atomic E-state index is 12.2. The van der Waals surface area contributed by atoms with Gasteiger partial charge in [0.15, 0.2) is 15.5 Å². The normalized spacial score (nSPS) is 11.6. The van der Waals surface area contributed by atoms with E-state index in [4.69, 9.17) is 21.1 Å². The Kier molecular flexibility index (Phi) is 6.18. The average molecular weight is 399 g/mol. The summed E-state index contributed by atoms with van der Waals surface area (Å²) in [4.78, 5) is 11.0. The highest BCUT2D eigenvalue weighted by Crippen LogP contribution is 2.27. The van der Waals surface area contributed by atoms with Gasteiger partial charge in [-0.1, -0.05) is 30.0 Å². The molecule has 0 heterocycles. The molecule has 0 atom stereocenters. The van der Waals surface area contributed by atoms with Crippen LogP contribution in [0, 0.1) is 24.3 Å². The first-order chi connectivity index (χ1) is 13.1. The van der Waals surface area contributed by atoms with Gasteiger partial charge in [0.2, 0.25) is 0 Å². The van der Waals surface area contributed by atoms with Gasteiger partial charge in [0, 0.05) is 17.4 Å². The fourth-order valence-corrected chi connectivity index (χ4v) is 3.54. The van der Waals surface area contributed by atoms with Gasteiger partial charge in [-0.25, -0.2) is 18.7 Å². The molecule has 0 radical (unpaired) electrons. The fourth-order valence-electron chi connectivity index (χ4n) is 2.39. The Morgan fingerprint density at radius 1 is 1.21 bits per heavy atom. The molecule has 0 fully saturated rings. The molecular weight excluding hydrogens is 382 g/mol. The van der Waals surface area contributed by atoms with Crippen LogP contribution in [0.5, 0.6) is 5.75 Å². The number of nitrogens with zero attached hydrogens (tertiary/aromatic N) is 1. The van der Waals surface area contributed by atoms with Crippen molar-refractivity contribution >= 4 is 15.8 Å². The molecule has 0 unspecified atom stereocenters. The Hall–Kier alpha value is -3.64. The summed E-state index contributed by atoms with van der Waals surface area (Å²) >= 11 is 0. The van der Waals surface area contributed by atoms with Gasteiger partial charge in [-0.05, 0) is 36.8 Å². The SMILES string of the molecule is Cc1cc(O/C(N=N)=C(/N)C(=O)O)cc(C#Cc2ccccc2)c1S(C)(=O)=O. The molecule has 0 aliphatic rings. The molecule has 2 aromatic carbocycles. The van der Waals surface area contributed by atoms with Crippen LogP contribution in [0.4, 0.5) is 0 Å². The summed E-state index contributed by atoms with van der Waals surface area (Å²) in [5, 5.41) is 11.9. The Balaban J connectivity index is 2.62. The minimum absolute atomic E-state index is 0.0304. The molecule has 0 aliphatic heterocycles. The van der Waals surface area contributed by atoms with Crippen molar-refractivity contribution in [2.75, 3.05) is 6.26 Å². The lowest BCUT2D eigenvalue weighted by Gasteiger charge is -2.11. The van der Waals surface area contributed by atoms with Crippen LogP contribution in [0.2, 0.25) is 0 Å². The van der Waals surface area contributed by atoms with Crippen LogP contribution < -0.4 is 10.5 Å². The number of hydrogen-bond donors (Lipinski definition) is 3. The van der Waals surface area contributed by atoms with E-state index in [9.17, 15) is 13.2 Å². The number of hydrogen-bond acceptors (Lipinski definition) is 7. The van der Waals surface area contributed by atoms with Crippen molar-refractivity contribution in [2.24, 2.45) is 10.8 Å². The number of carbonyl (C=O) groups is 1. The number of ether oxygens (including phenoxy) is 1. The molecule has 4 N–H and O–H groups in total. The minimum Gasteiger partial charge on any atom is -0.476 e. The summed E-state index contributed by atoms with van der Waals surface area (Å²) < 4.78 is 29.7. The van der Waals surface area contributed by atoms with E-state index in [1.54, 1.807) is 31.2 Å². The predicted molar refractivity (Wildman–Crippen MR) is 101 cm³/mol. The van der Waals surface area contributed by atoms with Crippen LogP contribution >= 0.6 is 0 Å². The highest BCUT2D eigenvalue weighted by Gasteiger charge is 2.19. The molecule has 28 heavy (non-hydrogen) atoms. The molecule has 0 amide bonds. The Morgan fingerprint density at radius 2 is 1.86 bits per heavy atom. The zero-order chi connectivity index (χ0) is 20.9. The summed E-state index contributed by atoms with van der Waals surface area (Å²) in [6.07, 6.45) is 1.07. The van der Waals surface area contributed by atoms with E-state index in [-0.39, 0.29) is 16.2 Å². The molecule has 0 aliphatic carbocycles. The predicted octanol–water partition coefficient (Wildman–Crippen LogP) is 2.42. The second-order valence-electron chi connectivity index (χ2n) is 5.74. The molecule has 144 valence electrons. The topological polar surface area (TPSA) is 143 Å². The summed E-state index contributed by atoms with van der Waals surface area (Å²) in [5.41, 5.74) is 12.8. The van der Waals surface area contributed by atoms with E-state index >= 15 is 0 Å². The number of carboxylic acids is 1. The van der Waals surface area contributed by atoms with Crippen LogP contribution in [0.15, 0.2) is 64.1 Å². The van der Waals surface area contributed by atoms with Crippen molar-refractivity contribution in [1.29, 1.82) is 5.53 Å². The monoisotopic (exact) mass is 399 g/mol. The number of nitrogens with two attached hydrogens (primary N) is 1. The van der Waals surface area contributed by atoms with E-state index in [0.29, 0.717) is 11.1 Å². The van der Waals surface area contributed by atoms with E-state index in [0.717, 1.165) is 6.26 Å². The van der Waals surface area contributed by atoms with E-state index in [1.165, 1.54) is 12.1 Å². The molecule has 8 nitrogen and oxygen atoms in total. The van der Waals surface area contributed by atoms with Crippen LogP contribution in [0.3, 0.4) is 0 Å². The summed E-state index contributed by atoms with van der Waals surface area (Å²) in [6.45, 7) is 1.55. The van der Waals surface area contributed by atoms with Crippen LogP contribution in [-0.4, -0.2) is 25.7 Å². The average Bonchev–Trinajstić information content (AvgIpc) is 2.63. The van der Waals surface area contributed by atoms with Crippen LogP contribution in [0.1, 0.15) is 16.7 Å². The highest BCUT2D eigenvalue weighted by atomic mass is 32.2. The molecule has 0 saturated carbocycles. The zero-order valence-electron chi connectivity index (χ0n) is 15.1. The number of carboxylic acid groups (broad SMARTS) is 1. The maximum Gasteiger partial charge on any atom is 0.357 e. The number of aryl methyl sites for hydroxylation is 1. The lowest BCUT2D eigenvalue weighted by atomic mass is 10.1. The second kappa shape index (κ2) is 8.37. The molecule has 0 spiro atoms. The highest BCUT2D eigenvalue weighted by molar-refractivity contribution is 7.90. The molecule has 9 heteroatoms. The van der Waals surface area contributed by atoms with Crippen molar-refractivity contribution in [3.05, 3.63) is 70.7 Å². The van der Waals surface area contributed by atoms with Crippen molar-refractivity contribution < 1.29 is 23.1 Å². The van der Waals surface area contributed by atoms with Gasteiger partial charge in [-0.2, -0.15) is 0 Å². The van der Waals surface area contributed by atoms with E-state index in [1.807, 2.05) is 6.07 Å².